The predicted octanol–water partition coefficient (Wildman–Crippen LogP) is 2.57. The highest BCUT2D eigenvalue weighted by Gasteiger charge is 2.05. The van der Waals surface area contributed by atoms with Gasteiger partial charge in [0.25, 0.3) is 0 Å². The molecule has 0 saturated carbocycles. The molecule has 0 spiro atoms. The van der Waals surface area contributed by atoms with Crippen molar-refractivity contribution in [2.24, 2.45) is 4.99 Å². The number of aliphatic imine (C=N–C) groups is 1. The molecule has 0 saturated heterocycles. The van der Waals surface area contributed by atoms with Crippen LogP contribution >= 0.6 is 12.2 Å². The molecular formula is C8H5F2NS. The van der Waals surface area contributed by atoms with Crippen LogP contribution in [0.15, 0.2) is 23.2 Å². The van der Waals surface area contributed by atoms with Crippen LogP contribution in [0.4, 0.5) is 8.78 Å². The van der Waals surface area contributed by atoms with Gasteiger partial charge in [0.05, 0.1) is 11.7 Å². The fourth-order valence-corrected chi connectivity index (χ4v) is 0.859. The van der Waals surface area contributed by atoms with Gasteiger partial charge in [0.15, 0.2) is 0 Å². The molecule has 1 nitrogen and oxygen atoms in total. The van der Waals surface area contributed by atoms with E-state index in [9.17, 15) is 8.78 Å². The first kappa shape index (κ1) is 8.97. The average molecular weight is 185 g/mol. The topological polar surface area (TPSA) is 12.4 Å². The summed E-state index contributed by atoms with van der Waals surface area (Å²) in [6, 6.07) is 3.66. The van der Waals surface area contributed by atoms with E-state index in [1.165, 1.54) is 18.2 Å². The Morgan fingerprint density at radius 1 is 1.33 bits per heavy atom. The molecule has 62 valence electrons. The number of nitrogens with zero attached hydrogens (tertiary/aromatic N) is 1. The molecule has 0 aliphatic rings. The van der Waals surface area contributed by atoms with Gasteiger partial charge in [-0.05, 0) is 24.4 Å². The molecule has 0 radical (unpaired) electrons. The summed E-state index contributed by atoms with van der Waals surface area (Å²) in [5.74, 6) is -1.21. The van der Waals surface area contributed by atoms with Gasteiger partial charge in [0, 0.05) is 5.56 Å². The second-order valence-electron chi connectivity index (χ2n) is 2.11. The van der Waals surface area contributed by atoms with E-state index in [0.717, 1.165) is 0 Å². The van der Waals surface area contributed by atoms with Crippen molar-refractivity contribution in [3.05, 3.63) is 35.4 Å². The van der Waals surface area contributed by atoms with Crippen molar-refractivity contribution in [3.8, 4) is 0 Å². The highest BCUT2D eigenvalue weighted by atomic mass is 32.1. The Bertz CT molecular complexity index is 312. The van der Waals surface area contributed by atoms with Crippen LogP contribution < -0.4 is 0 Å². The van der Waals surface area contributed by atoms with Crippen LogP contribution in [-0.2, 0) is 6.54 Å². The van der Waals surface area contributed by atoms with Crippen molar-refractivity contribution in [3.63, 3.8) is 0 Å². The molecule has 1 rings (SSSR count). The highest BCUT2D eigenvalue weighted by Crippen LogP contribution is 2.12. The lowest BCUT2D eigenvalue weighted by molar-refractivity contribution is 0.557. The number of rotatable bonds is 2. The lowest BCUT2D eigenvalue weighted by Crippen LogP contribution is -1.92. The lowest BCUT2D eigenvalue weighted by Gasteiger charge is -1.98. The third-order valence-electron chi connectivity index (χ3n) is 1.36. The minimum atomic E-state index is -0.607. The van der Waals surface area contributed by atoms with Gasteiger partial charge >= 0.3 is 0 Å². The van der Waals surface area contributed by atoms with Crippen LogP contribution in [0.1, 0.15) is 5.56 Å². The molecule has 0 aliphatic heterocycles. The zero-order valence-electron chi connectivity index (χ0n) is 6.05. The van der Waals surface area contributed by atoms with Crippen LogP contribution in [0.25, 0.3) is 0 Å². The number of halogens is 2. The van der Waals surface area contributed by atoms with Crippen molar-refractivity contribution >= 4 is 17.4 Å². The van der Waals surface area contributed by atoms with E-state index in [4.69, 9.17) is 0 Å². The summed E-state index contributed by atoms with van der Waals surface area (Å²) < 4.78 is 25.6. The summed E-state index contributed by atoms with van der Waals surface area (Å²) in [6.45, 7) is -0.0952. The van der Waals surface area contributed by atoms with Gasteiger partial charge in [0.1, 0.15) is 11.6 Å². The first-order valence-electron chi connectivity index (χ1n) is 3.22. The normalized spacial score (nSPS) is 9.17. The molecule has 0 heterocycles. The Morgan fingerprint density at radius 2 is 1.92 bits per heavy atom. The van der Waals surface area contributed by atoms with Gasteiger partial charge in [0.2, 0.25) is 0 Å². The predicted molar refractivity (Wildman–Crippen MR) is 45.1 cm³/mol. The Morgan fingerprint density at radius 3 is 2.42 bits per heavy atom. The molecule has 0 amide bonds. The van der Waals surface area contributed by atoms with Crippen molar-refractivity contribution in [2.75, 3.05) is 0 Å². The van der Waals surface area contributed by atoms with Crippen molar-refractivity contribution < 1.29 is 8.78 Å². The van der Waals surface area contributed by atoms with Gasteiger partial charge in [-0.15, -0.1) is 0 Å². The van der Waals surface area contributed by atoms with Gasteiger partial charge in [-0.1, -0.05) is 6.07 Å². The van der Waals surface area contributed by atoms with Crippen LogP contribution in [0.3, 0.4) is 0 Å². The van der Waals surface area contributed by atoms with E-state index in [0.29, 0.717) is 0 Å². The quantitative estimate of drug-likeness (QED) is 0.509. The zero-order valence-corrected chi connectivity index (χ0v) is 6.87. The van der Waals surface area contributed by atoms with Gasteiger partial charge in [-0.3, -0.25) is 0 Å². The van der Waals surface area contributed by atoms with Gasteiger partial charge in [-0.2, -0.15) is 0 Å². The minimum Gasteiger partial charge on any atom is -0.227 e. The fourth-order valence-electron chi connectivity index (χ4n) is 0.795. The standard InChI is InChI=1S/C8H5F2NS/c9-7-2-1-3-8(10)6(7)4-11-5-12/h1-3H,4H2. The molecule has 0 aromatic heterocycles. The molecule has 4 heteroatoms. The van der Waals surface area contributed by atoms with Crippen LogP contribution in [0.5, 0.6) is 0 Å². The molecule has 0 aliphatic carbocycles. The Balaban J connectivity index is 3.03. The molecule has 12 heavy (non-hydrogen) atoms. The maximum atomic E-state index is 12.8. The second-order valence-corrected chi connectivity index (χ2v) is 2.29. The average Bonchev–Trinajstić information content (AvgIpc) is 2.04. The minimum absolute atomic E-state index is 0.0742. The van der Waals surface area contributed by atoms with Crippen molar-refractivity contribution in [1.29, 1.82) is 0 Å². The number of thiocarbonyl (C=S) groups is 1. The summed E-state index contributed by atoms with van der Waals surface area (Å²) in [7, 11) is 0. The van der Waals surface area contributed by atoms with Crippen LogP contribution in [-0.4, -0.2) is 5.16 Å². The largest absolute Gasteiger partial charge is 0.227 e. The summed E-state index contributed by atoms with van der Waals surface area (Å²) in [5, 5.41) is 2.05. The van der Waals surface area contributed by atoms with E-state index in [2.05, 4.69) is 17.2 Å². The molecular weight excluding hydrogens is 180 g/mol. The Kier molecular flexibility index (Phi) is 3.02. The molecule has 1 aromatic carbocycles. The second kappa shape index (κ2) is 4.04. The van der Waals surface area contributed by atoms with Crippen molar-refractivity contribution in [2.45, 2.75) is 6.54 Å². The smallest absolute Gasteiger partial charge is 0.131 e. The third kappa shape index (κ3) is 1.94. The van der Waals surface area contributed by atoms with E-state index in [1.54, 1.807) is 0 Å². The third-order valence-corrected chi connectivity index (χ3v) is 1.49. The Labute approximate surface area is 73.7 Å². The lowest BCUT2D eigenvalue weighted by atomic mass is 10.2. The summed E-state index contributed by atoms with van der Waals surface area (Å²) >= 11 is 4.28. The summed E-state index contributed by atoms with van der Waals surface area (Å²) in [6.07, 6.45) is 0. The summed E-state index contributed by atoms with van der Waals surface area (Å²) in [4.78, 5) is 3.45. The first-order valence-corrected chi connectivity index (χ1v) is 3.63. The molecule has 1 aromatic rings. The van der Waals surface area contributed by atoms with Crippen LogP contribution in [0, 0.1) is 11.6 Å². The number of hydrogen-bond donors (Lipinski definition) is 0. The van der Waals surface area contributed by atoms with Crippen molar-refractivity contribution in [1.82, 2.24) is 0 Å². The van der Waals surface area contributed by atoms with E-state index in [-0.39, 0.29) is 12.1 Å². The Hall–Kier alpha value is -1.12. The summed E-state index contributed by atoms with van der Waals surface area (Å²) in [5.41, 5.74) is -0.0742. The van der Waals surface area contributed by atoms with E-state index < -0.39 is 11.6 Å². The molecule has 0 bridgehead atoms. The fraction of sp³-hybridized carbons (Fsp3) is 0.125. The maximum Gasteiger partial charge on any atom is 0.131 e. The van der Waals surface area contributed by atoms with E-state index in [1.807, 2.05) is 5.16 Å². The van der Waals surface area contributed by atoms with Crippen LogP contribution in [0.2, 0.25) is 0 Å². The zero-order chi connectivity index (χ0) is 8.97. The van der Waals surface area contributed by atoms with Gasteiger partial charge < -0.3 is 0 Å². The van der Waals surface area contributed by atoms with E-state index >= 15 is 0 Å². The van der Waals surface area contributed by atoms with Gasteiger partial charge in [-0.25, -0.2) is 13.8 Å². The number of isothiocyanates is 1. The molecule has 0 unspecified atom stereocenters. The highest BCUT2D eigenvalue weighted by molar-refractivity contribution is 7.78. The molecule has 0 N–H and O–H groups in total. The molecule has 0 fully saturated rings. The SMILES string of the molecule is Fc1cccc(F)c1CN=C=S. The molecule has 0 atom stereocenters. The number of hydrogen-bond acceptors (Lipinski definition) is 2. The number of benzene rings is 1. The first-order chi connectivity index (χ1) is 5.75. The maximum absolute atomic E-state index is 12.8. The monoisotopic (exact) mass is 185 g/mol.